The molecule has 0 saturated carbocycles. The first-order valence-corrected chi connectivity index (χ1v) is 12.1. The maximum atomic E-state index is 13.2. The van der Waals surface area contributed by atoms with Gasteiger partial charge in [-0.1, -0.05) is 19.1 Å². The Labute approximate surface area is 188 Å². The van der Waals surface area contributed by atoms with Crippen LogP contribution in [0.4, 0.5) is 10.1 Å². The summed E-state index contributed by atoms with van der Waals surface area (Å²) in [5.74, 6) is -1.70. The summed E-state index contributed by atoms with van der Waals surface area (Å²) in [7, 11) is -3.83. The third-order valence-electron chi connectivity index (χ3n) is 5.63. The van der Waals surface area contributed by atoms with Crippen molar-refractivity contribution in [2.45, 2.75) is 44.0 Å². The smallest absolute Gasteiger partial charge is 0.253 e. The Morgan fingerprint density at radius 3 is 2.53 bits per heavy atom. The maximum Gasteiger partial charge on any atom is 0.253 e. The number of carbonyl (C=O) groups excluding carboxylic acids is 2. The molecule has 1 aliphatic heterocycles. The lowest BCUT2D eigenvalue weighted by Gasteiger charge is -2.31. The lowest BCUT2D eigenvalue weighted by atomic mass is 9.98. The van der Waals surface area contributed by atoms with Crippen LogP contribution >= 0.6 is 0 Å². The summed E-state index contributed by atoms with van der Waals surface area (Å²) in [5, 5.41) is 5.68. The van der Waals surface area contributed by atoms with Gasteiger partial charge in [-0.15, -0.1) is 0 Å². The van der Waals surface area contributed by atoms with Crippen molar-refractivity contribution < 1.29 is 22.4 Å². The molecule has 32 heavy (non-hydrogen) atoms. The van der Waals surface area contributed by atoms with Gasteiger partial charge in [0.1, 0.15) is 5.82 Å². The van der Waals surface area contributed by atoms with Crippen molar-refractivity contribution in [2.24, 2.45) is 5.92 Å². The summed E-state index contributed by atoms with van der Waals surface area (Å²) in [6, 6.07) is 11.4. The SMILES string of the molecule is CCC(C)NC(=O)c1ccccc1NC(=O)C1CCCN(S(=O)(=O)c2ccc(F)cc2)C1. The van der Waals surface area contributed by atoms with Crippen LogP contribution in [0.5, 0.6) is 0 Å². The van der Waals surface area contributed by atoms with Crippen LogP contribution in [0, 0.1) is 11.7 Å². The molecule has 2 aromatic carbocycles. The van der Waals surface area contributed by atoms with E-state index < -0.39 is 21.8 Å². The molecule has 1 aliphatic rings. The number of nitrogens with one attached hydrogen (secondary N) is 2. The average Bonchev–Trinajstić information content (AvgIpc) is 2.79. The van der Waals surface area contributed by atoms with Crippen LogP contribution < -0.4 is 10.6 Å². The molecule has 7 nitrogen and oxygen atoms in total. The number of rotatable bonds is 7. The summed E-state index contributed by atoms with van der Waals surface area (Å²) in [6.07, 6.45) is 1.83. The number of amides is 2. The molecule has 9 heteroatoms. The minimum Gasteiger partial charge on any atom is -0.350 e. The van der Waals surface area contributed by atoms with Gasteiger partial charge in [-0.3, -0.25) is 9.59 Å². The normalized spacial score (nSPS) is 18.0. The van der Waals surface area contributed by atoms with E-state index in [4.69, 9.17) is 0 Å². The Morgan fingerprint density at radius 1 is 1.16 bits per heavy atom. The number of sulfonamides is 1. The fraction of sp³-hybridized carbons (Fsp3) is 0.391. The van der Waals surface area contributed by atoms with Gasteiger partial charge in [-0.2, -0.15) is 4.31 Å². The molecule has 0 spiro atoms. The number of anilines is 1. The molecule has 0 aliphatic carbocycles. The van der Waals surface area contributed by atoms with Crippen LogP contribution in [0.15, 0.2) is 53.4 Å². The monoisotopic (exact) mass is 461 g/mol. The number of nitrogens with zero attached hydrogens (tertiary/aromatic N) is 1. The van der Waals surface area contributed by atoms with Crippen molar-refractivity contribution in [3.63, 3.8) is 0 Å². The zero-order valence-electron chi connectivity index (χ0n) is 18.2. The van der Waals surface area contributed by atoms with Crippen molar-refractivity contribution in [3.05, 3.63) is 59.9 Å². The zero-order valence-corrected chi connectivity index (χ0v) is 19.0. The Kier molecular flexibility index (Phi) is 7.63. The molecule has 2 N–H and O–H groups in total. The summed E-state index contributed by atoms with van der Waals surface area (Å²) in [5.41, 5.74) is 0.740. The molecule has 2 unspecified atom stereocenters. The van der Waals surface area contributed by atoms with E-state index in [-0.39, 0.29) is 35.8 Å². The summed E-state index contributed by atoms with van der Waals surface area (Å²) in [6.45, 7) is 4.18. The Hall–Kier alpha value is -2.78. The summed E-state index contributed by atoms with van der Waals surface area (Å²) in [4.78, 5) is 25.5. The number of para-hydroxylation sites is 1. The van der Waals surface area contributed by atoms with Crippen LogP contribution in [0.1, 0.15) is 43.5 Å². The summed E-state index contributed by atoms with van der Waals surface area (Å²) >= 11 is 0. The van der Waals surface area contributed by atoms with Crippen molar-refractivity contribution in [1.82, 2.24) is 9.62 Å². The number of piperidine rings is 1. The van der Waals surface area contributed by atoms with Gasteiger partial charge in [0, 0.05) is 19.1 Å². The second kappa shape index (κ2) is 10.2. The van der Waals surface area contributed by atoms with Crippen LogP contribution in [-0.4, -0.2) is 43.7 Å². The van der Waals surface area contributed by atoms with Crippen LogP contribution in [-0.2, 0) is 14.8 Å². The van der Waals surface area contributed by atoms with E-state index in [9.17, 15) is 22.4 Å². The average molecular weight is 462 g/mol. The fourth-order valence-corrected chi connectivity index (χ4v) is 5.08. The van der Waals surface area contributed by atoms with E-state index in [1.54, 1.807) is 24.3 Å². The molecule has 3 rings (SSSR count). The first kappa shape index (κ1) is 23.9. The Balaban J connectivity index is 1.73. The first-order chi connectivity index (χ1) is 15.2. The zero-order chi connectivity index (χ0) is 23.3. The van der Waals surface area contributed by atoms with Crippen molar-refractivity contribution >= 4 is 27.5 Å². The minimum absolute atomic E-state index is 0.00479. The lowest BCUT2D eigenvalue weighted by molar-refractivity contribution is -0.120. The predicted octanol–water partition coefficient (Wildman–Crippen LogP) is 3.39. The number of benzene rings is 2. The molecule has 0 aromatic heterocycles. The molecule has 1 fully saturated rings. The molecule has 1 heterocycles. The predicted molar refractivity (Wildman–Crippen MR) is 120 cm³/mol. The molecule has 0 bridgehead atoms. The molecular weight excluding hydrogens is 433 g/mol. The molecule has 1 saturated heterocycles. The van der Waals surface area contributed by atoms with Gasteiger partial charge < -0.3 is 10.6 Å². The number of carbonyl (C=O) groups is 2. The number of hydrogen-bond donors (Lipinski definition) is 2. The van der Waals surface area contributed by atoms with Crippen molar-refractivity contribution in [2.75, 3.05) is 18.4 Å². The van der Waals surface area contributed by atoms with Gasteiger partial charge in [0.25, 0.3) is 5.91 Å². The van der Waals surface area contributed by atoms with Crippen LogP contribution in [0.2, 0.25) is 0 Å². The largest absolute Gasteiger partial charge is 0.350 e. The second-order valence-electron chi connectivity index (χ2n) is 7.97. The van der Waals surface area contributed by atoms with E-state index in [1.807, 2.05) is 13.8 Å². The van der Waals surface area contributed by atoms with Crippen LogP contribution in [0.25, 0.3) is 0 Å². The number of halogens is 1. The second-order valence-corrected chi connectivity index (χ2v) is 9.91. The molecule has 2 amide bonds. The number of hydrogen-bond acceptors (Lipinski definition) is 4. The molecule has 2 aromatic rings. The van der Waals surface area contributed by atoms with Gasteiger partial charge in [-0.05, 0) is 62.6 Å². The summed E-state index contributed by atoms with van der Waals surface area (Å²) < 4.78 is 40.3. The highest BCUT2D eigenvalue weighted by molar-refractivity contribution is 7.89. The van der Waals surface area contributed by atoms with E-state index >= 15 is 0 Å². The lowest BCUT2D eigenvalue weighted by Crippen LogP contribution is -2.43. The highest BCUT2D eigenvalue weighted by atomic mass is 32.2. The van der Waals surface area contributed by atoms with Gasteiger partial charge in [0.15, 0.2) is 0 Å². The molecule has 0 radical (unpaired) electrons. The topological polar surface area (TPSA) is 95.6 Å². The van der Waals surface area contributed by atoms with E-state index in [1.165, 1.54) is 16.4 Å². The van der Waals surface area contributed by atoms with Gasteiger partial charge >= 0.3 is 0 Å². The van der Waals surface area contributed by atoms with E-state index in [0.717, 1.165) is 18.6 Å². The molecule has 2 atom stereocenters. The molecule has 172 valence electrons. The molecular formula is C23H28FN3O4S. The van der Waals surface area contributed by atoms with Gasteiger partial charge in [0.2, 0.25) is 15.9 Å². The Morgan fingerprint density at radius 2 is 1.84 bits per heavy atom. The van der Waals surface area contributed by atoms with Crippen molar-refractivity contribution in [3.8, 4) is 0 Å². The van der Waals surface area contributed by atoms with Crippen molar-refractivity contribution in [1.29, 1.82) is 0 Å². The third-order valence-corrected chi connectivity index (χ3v) is 7.51. The minimum atomic E-state index is -3.83. The fourth-order valence-electron chi connectivity index (χ4n) is 3.56. The van der Waals surface area contributed by atoms with Gasteiger partial charge in [0.05, 0.1) is 22.1 Å². The van der Waals surface area contributed by atoms with E-state index in [0.29, 0.717) is 24.1 Å². The van der Waals surface area contributed by atoms with Crippen LogP contribution in [0.3, 0.4) is 0 Å². The standard InChI is InChI=1S/C23H28FN3O4S/c1-3-16(2)25-23(29)20-8-4-5-9-21(20)26-22(28)17-7-6-14-27(15-17)32(30,31)19-12-10-18(24)11-13-19/h4-5,8-13,16-17H,3,6-7,14-15H2,1-2H3,(H,25,29)(H,26,28). The van der Waals surface area contributed by atoms with E-state index in [2.05, 4.69) is 10.6 Å². The highest BCUT2D eigenvalue weighted by Crippen LogP contribution is 2.25. The maximum absolute atomic E-state index is 13.2. The first-order valence-electron chi connectivity index (χ1n) is 10.7. The third kappa shape index (κ3) is 5.52. The highest BCUT2D eigenvalue weighted by Gasteiger charge is 2.33. The quantitative estimate of drug-likeness (QED) is 0.661. The Bertz CT molecular complexity index is 1070. The van der Waals surface area contributed by atoms with Gasteiger partial charge in [-0.25, -0.2) is 12.8 Å².